The number of hydrogen-bond acceptors (Lipinski definition) is 2. The van der Waals surface area contributed by atoms with Crippen molar-refractivity contribution in [1.29, 1.82) is 0 Å². The fraction of sp³-hybridized carbons (Fsp3) is 0.290. The molecule has 2 aliphatic carbocycles. The number of carbonyl (C=O) groups is 2. The average molecular weight is 469 g/mol. The Hall–Kier alpha value is -3.66. The Kier molecular flexibility index (Phi) is 6.66. The first kappa shape index (κ1) is 24.5. The lowest BCUT2D eigenvalue weighted by Crippen LogP contribution is -2.21. The highest BCUT2D eigenvalue weighted by atomic mass is 16.4. The van der Waals surface area contributed by atoms with Crippen molar-refractivity contribution in [2.75, 3.05) is 0 Å². The van der Waals surface area contributed by atoms with Crippen molar-refractivity contribution in [3.05, 3.63) is 103 Å². The van der Waals surface area contributed by atoms with Crippen molar-refractivity contribution in [1.82, 2.24) is 0 Å². The van der Waals surface area contributed by atoms with Crippen LogP contribution in [0.3, 0.4) is 0 Å². The van der Waals surface area contributed by atoms with E-state index < -0.39 is 11.9 Å². The molecule has 4 heteroatoms. The third-order valence-corrected chi connectivity index (χ3v) is 6.99. The normalized spacial score (nSPS) is 13.6. The second-order valence-electron chi connectivity index (χ2n) is 10.3. The Morgan fingerprint density at radius 3 is 2.09 bits per heavy atom. The van der Waals surface area contributed by atoms with Crippen LogP contribution in [0.15, 0.2) is 48.5 Å². The van der Waals surface area contributed by atoms with Gasteiger partial charge in [-0.3, -0.25) is 0 Å². The van der Waals surface area contributed by atoms with E-state index >= 15 is 0 Å². The van der Waals surface area contributed by atoms with E-state index in [1.54, 1.807) is 11.1 Å². The van der Waals surface area contributed by atoms with Gasteiger partial charge in [0.2, 0.25) is 0 Å². The molecule has 0 heterocycles. The molecular formula is C31H32O4. The van der Waals surface area contributed by atoms with Gasteiger partial charge in [0.25, 0.3) is 0 Å². The van der Waals surface area contributed by atoms with Crippen molar-refractivity contribution in [2.45, 2.75) is 58.8 Å². The maximum absolute atomic E-state index is 10.6. The van der Waals surface area contributed by atoms with Gasteiger partial charge in [-0.2, -0.15) is 0 Å². The standard InChI is InChI=1S/C22H24.C9H8O4/c1-22(2,3)17-10-13-19-16(14-17)9-12-20-18-7-5-4-6-15(18)8-11-21(19)20;1-5-6(8(10)11)3-2-4-7(5)9(12)13/h6,8-11,13-14H,4-5,7,12H2,1-3H3;2-4H,1H3,(H,10,11)(H,12,13). The quantitative estimate of drug-likeness (QED) is 0.548. The molecule has 0 aliphatic heterocycles. The van der Waals surface area contributed by atoms with Crippen molar-refractivity contribution >= 4 is 24.1 Å². The van der Waals surface area contributed by atoms with Crippen molar-refractivity contribution in [3.8, 4) is 0 Å². The molecule has 0 bridgehead atoms. The van der Waals surface area contributed by atoms with Crippen LogP contribution in [0.4, 0.5) is 0 Å². The summed E-state index contributed by atoms with van der Waals surface area (Å²) in [7, 11) is 0. The van der Waals surface area contributed by atoms with Gasteiger partial charge in [0.15, 0.2) is 0 Å². The van der Waals surface area contributed by atoms with E-state index in [1.165, 1.54) is 70.8 Å². The topological polar surface area (TPSA) is 74.6 Å². The van der Waals surface area contributed by atoms with E-state index in [-0.39, 0.29) is 22.1 Å². The molecule has 4 nitrogen and oxygen atoms in total. The highest BCUT2D eigenvalue weighted by Gasteiger charge is 2.16. The maximum Gasteiger partial charge on any atom is 0.335 e. The van der Waals surface area contributed by atoms with Crippen LogP contribution in [0.5, 0.6) is 0 Å². The summed E-state index contributed by atoms with van der Waals surface area (Å²) >= 11 is 0. The lowest BCUT2D eigenvalue weighted by molar-refractivity contribution is 0.0696. The van der Waals surface area contributed by atoms with Gasteiger partial charge < -0.3 is 10.2 Å². The first-order chi connectivity index (χ1) is 16.6. The molecule has 2 N–H and O–H groups in total. The predicted molar refractivity (Wildman–Crippen MR) is 139 cm³/mol. The molecule has 35 heavy (non-hydrogen) atoms. The molecular weight excluding hydrogens is 436 g/mol. The van der Waals surface area contributed by atoms with Gasteiger partial charge in [0, 0.05) is 0 Å². The van der Waals surface area contributed by atoms with E-state index in [4.69, 9.17) is 10.2 Å². The minimum atomic E-state index is -1.11. The Morgan fingerprint density at radius 2 is 1.46 bits per heavy atom. The van der Waals surface area contributed by atoms with Gasteiger partial charge in [-0.05, 0) is 93.3 Å². The highest BCUT2D eigenvalue weighted by molar-refractivity contribution is 5.96. The molecule has 0 saturated carbocycles. The Morgan fingerprint density at radius 1 is 0.800 bits per heavy atom. The summed E-state index contributed by atoms with van der Waals surface area (Å²) in [6.07, 6.45) is 9.73. The van der Waals surface area contributed by atoms with E-state index in [9.17, 15) is 9.59 Å². The van der Waals surface area contributed by atoms with Crippen molar-refractivity contribution in [2.24, 2.45) is 0 Å². The second-order valence-corrected chi connectivity index (χ2v) is 10.3. The van der Waals surface area contributed by atoms with Crippen LogP contribution in [0.2, 0.25) is 0 Å². The van der Waals surface area contributed by atoms with Crippen molar-refractivity contribution in [3.63, 3.8) is 0 Å². The largest absolute Gasteiger partial charge is 0.478 e. The molecule has 0 saturated heterocycles. The highest BCUT2D eigenvalue weighted by Crippen LogP contribution is 2.22. The van der Waals surface area contributed by atoms with Crippen LogP contribution in [-0.2, 0) is 18.3 Å². The van der Waals surface area contributed by atoms with E-state index in [1.807, 2.05) is 0 Å². The summed E-state index contributed by atoms with van der Waals surface area (Å²) < 4.78 is 0. The SMILES string of the molecule is CC(C)(C)c1ccc2c(c1)=CCc1c3c(ccc1=2)=CCCC3.Cc1c(C(=O)O)cccc1C(=O)O. The minimum absolute atomic E-state index is 0.0277. The minimum Gasteiger partial charge on any atom is -0.478 e. The maximum atomic E-state index is 10.6. The number of fused-ring (bicyclic) bond motifs is 4. The molecule has 0 fully saturated rings. The Balaban J connectivity index is 0.000000191. The number of carboxylic acids is 2. The molecule has 0 amide bonds. The Labute approximate surface area is 205 Å². The molecule has 180 valence electrons. The van der Waals surface area contributed by atoms with Gasteiger partial charge in [0.1, 0.15) is 0 Å². The number of aromatic carboxylic acids is 2. The smallest absolute Gasteiger partial charge is 0.335 e. The van der Waals surface area contributed by atoms with Crippen LogP contribution >= 0.6 is 0 Å². The average Bonchev–Trinajstić information content (AvgIpc) is 2.83. The van der Waals surface area contributed by atoms with E-state index in [0.717, 1.165) is 6.42 Å². The second kappa shape index (κ2) is 9.53. The van der Waals surface area contributed by atoms with Gasteiger partial charge in [-0.25, -0.2) is 9.59 Å². The number of benzene rings is 3. The lowest BCUT2D eigenvalue weighted by Gasteiger charge is -2.20. The third-order valence-electron chi connectivity index (χ3n) is 6.99. The van der Waals surface area contributed by atoms with Gasteiger partial charge in [-0.15, -0.1) is 0 Å². The number of hydrogen-bond donors (Lipinski definition) is 2. The molecule has 3 aromatic carbocycles. The van der Waals surface area contributed by atoms with Gasteiger partial charge >= 0.3 is 11.9 Å². The van der Waals surface area contributed by atoms with E-state index in [0.29, 0.717) is 0 Å². The molecule has 0 radical (unpaired) electrons. The van der Waals surface area contributed by atoms with Gasteiger partial charge in [-0.1, -0.05) is 69.3 Å². The molecule has 2 aliphatic rings. The molecule has 0 aromatic heterocycles. The summed E-state index contributed by atoms with van der Waals surface area (Å²) in [5, 5.41) is 23.1. The summed E-state index contributed by atoms with van der Waals surface area (Å²) in [5.41, 5.74) is 5.16. The first-order valence-corrected chi connectivity index (χ1v) is 12.1. The number of rotatable bonds is 2. The Bertz CT molecular complexity index is 1510. The molecule has 0 unspecified atom stereocenters. The van der Waals surface area contributed by atoms with Crippen LogP contribution in [0.25, 0.3) is 12.2 Å². The van der Waals surface area contributed by atoms with Crippen molar-refractivity contribution < 1.29 is 19.8 Å². The summed E-state index contributed by atoms with van der Waals surface area (Å²) in [4.78, 5) is 21.2. The predicted octanol–water partition coefficient (Wildman–Crippen LogP) is 5.12. The number of carboxylic acid groups (broad SMARTS) is 2. The van der Waals surface area contributed by atoms with Gasteiger partial charge in [0.05, 0.1) is 11.1 Å². The summed E-state index contributed by atoms with van der Waals surface area (Å²) in [6, 6.07) is 15.9. The summed E-state index contributed by atoms with van der Waals surface area (Å²) in [6.45, 7) is 8.35. The third kappa shape index (κ3) is 4.93. The monoisotopic (exact) mass is 468 g/mol. The van der Waals surface area contributed by atoms with Crippen LogP contribution < -0.4 is 10.4 Å². The first-order valence-electron chi connectivity index (χ1n) is 12.1. The van der Waals surface area contributed by atoms with Crippen LogP contribution in [0.1, 0.15) is 76.6 Å². The van der Waals surface area contributed by atoms with Crippen LogP contribution in [-0.4, -0.2) is 22.2 Å². The molecule has 0 spiro atoms. The van der Waals surface area contributed by atoms with Crippen LogP contribution in [0, 0.1) is 17.4 Å². The molecule has 5 rings (SSSR count). The van der Waals surface area contributed by atoms with E-state index in [2.05, 4.69) is 63.3 Å². The molecule has 3 aromatic rings. The zero-order valence-electron chi connectivity index (χ0n) is 20.8. The fourth-order valence-electron chi connectivity index (χ4n) is 4.97. The molecule has 0 atom stereocenters. The summed E-state index contributed by atoms with van der Waals surface area (Å²) in [5.74, 6) is -2.22. The lowest BCUT2D eigenvalue weighted by atomic mass is 9.84. The zero-order chi connectivity index (χ0) is 25.3. The zero-order valence-corrected chi connectivity index (χ0v) is 20.8. The fourth-order valence-corrected chi connectivity index (χ4v) is 4.97.